The number of aromatic nitrogens is 1. The molecule has 1 heterocycles. The third kappa shape index (κ3) is 2.90. The summed E-state index contributed by atoms with van der Waals surface area (Å²) in [5.74, 6) is 0.447. The second-order valence-electron chi connectivity index (χ2n) is 5.15. The van der Waals surface area contributed by atoms with Gasteiger partial charge in [0.05, 0.1) is 20.1 Å². The highest BCUT2D eigenvalue weighted by molar-refractivity contribution is 7.18. The van der Waals surface area contributed by atoms with Crippen molar-refractivity contribution in [2.24, 2.45) is 5.92 Å². The maximum Gasteiger partial charge on any atom is 0.293 e. The minimum atomic E-state index is -0.333. The van der Waals surface area contributed by atoms with Crippen LogP contribution >= 0.6 is 11.3 Å². The third-order valence-corrected chi connectivity index (χ3v) is 4.62. The molecular formula is C14H19N3O2S. The SMILES string of the molecule is CCC(C)C(C)Nc1cc2nc(C)sc2cc1[N+](=O)[O-]. The molecule has 2 aromatic rings. The van der Waals surface area contributed by atoms with Crippen LogP contribution < -0.4 is 5.32 Å². The molecular weight excluding hydrogens is 274 g/mol. The van der Waals surface area contributed by atoms with Crippen LogP contribution in [0.4, 0.5) is 11.4 Å². The molecule has 0 amide bonds. The van der Waals surface area contributed by atoms with E-state index < -0.39 is 0 Å². The zero-order valence-corrected chi connectivity index (χ0v) is 13.0. The Kier molecular flexibility index (Phi) is 4.23. The van der Waals surface area contributed by atoms with E-state index in [0.717, 1.165) is 21.6 Å². The summed E-state index contributed by atoms with van der Waals surface area (Å²) in [6, 6.07) is 3.58. The highest BCUT2D eigenvalue weighted by atomic mass is 32.1. The predicted molar refractivity (Wildman–Crippen MR) is 83.6 cm³/mol. The monoisotopic (exact) mass is 293 g/mol. The first kappa shape index (κ1) is 14.7. The molecule has 2 unspecified atom stereocenters. The lowest BCUT2D eigenvalue weighted by molar-refractivity contribution is -0.383. The molecule has 0 spiro atoms. The fourth-order valence-electron chi connectivity index (χ4n) is 2.09. The molecule has 0 aliphatic carbocycles. The van der Waals surface area contributed by atoms with E-state index in [1.807, 2.05) is 13.8 Å². The lowest BCUT2D eigenvalue weighted by Gasteiger charge is -2.20. The fraction of sp³-hybridized carbons (Fsp3) is 0.500. The van der Waals surface area contributed by atoms with Gasteiger partial charge in [-0.15, -0.1) is 11.3 Å². The summed E-state index contributed by atoms with van der Waals surface area (Å²) in [5, 5.41) is 15.4. The van der Waals surface area contributed by atoms with Crippen molar-refractivity contribution in [1.82, 2.24) is 4.98 Å². The van der Waals surface area contributed by atoms with Crippen molar-refractivity contribution in [1.29, 1.82) is 0 Å². The number of nitrogens with one attached hydrogen (secondary N) is 1. The molecule has 0 aliphatic heterocycles. The lowest BCUT2D eigenvalue weighted by Crippen LogP contribution is -2.23. The Hall–Kier alpha value is -1.69. The van der Waals surface area contributed by atoms with Crippen molar-refractivity contribution in [3.63, 3.8) is 0 Å². The molecule has 108 valence electrons. The summed E-state index contributed by atoms with van der Waals surface area (Å²) in [5.41, 5.74) is 1.49. The van der Waals surface area contributed by atoms with E-state index in [4.69, 9.17) is 0 Å². The molecule has 2 atom stereocenters. The number of benzene rings is 1. The fourth-order valence-corrected chi connectivity index (χ4v) is 2.93. The number of nitrogens with zero attached hydrogens (tertiary/aromatic N) is 2. The van der Waals surface area contributed by atoms with Gasteiger partial charge in [-0.3, -0.25) is 10.1 Å². The summed E-state index contributed by atoms with van der Waals surface area (Å²) in [6.45, 7) is 8.21. The number of nitro benzene ring substituents is 1. The van der Waals surface area contributed by atoms with Crippen LogP contribution in [0.25, 0.3) is 10.2 Å². The Labute approximate surface area is 122 Å². The van der Waals surface area contributed by atoms with Gasteiger partial charge in [0.25, 0.3) is 5.69 Å². The van der Waals surface area contributed by atoms with Crippen LogP contribution in [0.1, 0.15) is 32.2 Å². The summed E-state index contributed by atoms with van der Waals surface area (Å²) in [6.07, 6.45) is 1.03. The van der Waals surface area contributed by atoms with Gasteiger partial charge in [-0.1, -0.05) is 20.3 Å². The number of hydrogen-bond acceptors (Lipinski definition) is 5. The Morgan fingerprint density at radius 3 is 2.75 bits per heavy atom. The summed E-state index contributed by atoms with van der Waals surface area (Å²) >= 11 is 1.48. The van der Waals surface area contributed by atoms with Crippen LogP contribution in [0.5, 0.6) is 0 Å². The summed E-state index contributed by atoms with van der Waals surface area (Å²) in [4.78, 5) is 15.3. The number of fused-ring (bicyclic) bond motifs is 1. The van der Waals surface area contributed by atoms with Crippen LogP contribution in [0.2, 0.25) is 0 Å². The molecule has 2 rings (SSSR count). The van der Waals surface area contributed by atoms with E-state index in [1.54, 1.807) is 12.1 Å². The molecule has 5 nitrogen and oxygen atoms in total. The van der Waals surface area contributed by atoms with Gasteiger partial charge in [0.15, 0.2) is 0 Å². The normalized spacial score (nSPS) is 14.2. The van der Waals surface area contributed by atoms with Gasteiger partial charge in [-0.05, 0) is 25.8 Å². The smallest absolute Gasteiger partial charge is 0.293 e. The molecule has 0 fully saturated rings. The van der Waals surface area contributed by atoms with E-state index in [9.17, 15) is 10.1 Å². The van der Waals surface area contributed by atoms with Crippen LogP contribution in [-0.4, -0.2) is 15.9 Å². The van der Waals surface area contributed by atoms with Gasteiger partial charge in [0.1, 0.15) is 5.69 Å². The minimum absolute atomic E-state index is 0.122. The van der Waals surface area contributed by atoms with E-state index in [-0.39, 0.29) is 16.7 Å². The number of nitro groups is 1. The molecule has 0 saturated heterocycles. The molecule has 1 N–H and O–H groups in total. The van der Waals surface area contributed by atoms with Gasteiger partial charge in [-0.25, -0.2) is 4.98 Å². The van der Waals surface area contributed by atoms with Crippen molar-refractivity contribution in [2.75, 3.05) is 5.32 Å². The summed E-state index contributed by atoms with van der Waals surface area (Å²) < 4.78 is 0.857. The molecule has 1 aromatic carbocycles. The van der Waals surface area contributed by atoms with E-state index in [1.165, 1.54) is 11.3 Å². The van der Waals surface area contributed by atoms with Gasteiger partial charge in [0, 0.05) is 12.1 Å². The Morgan fingerprint density at radius 1 is 1.45 bits per heavy atom. The van der Waals surface area contributed by atoms with Crippen molar-refractivity contribution in [3.8, 4) is 0 Å². The van der Waals surface area contributed by atoms with E-state index in [0.29, 0.717) is 11.6 Å². The van der Waals surface area contributed by atoms with Crippen molar-refractivity contribution in [3.05, 3.63) is 27.3 Å². The van der Waals surface area contributed by atoms with Crippen molar-refractivity contribution < 1.29 is 4.92 Å². The average Bonchev–Trinajstić information content (AvgIpc) is 2.75. The number of aryl methyl sites for hydroxylation is 1. The molecule has 6 heteroatoms. The van der Waals surface area contributed by atoms with Gasteiger partial charge >= 0.3 is 0 Å². The molecule has 0 radical (unpaired) electrons. The standard InChI is InChI=1S/C14H19N3O2S/c1-5-8(2)9(3)15-11-6-12-14(20-10(4)16-12)7-13(11)17(18)19/h6-9,15H,5H2,1-4H3. The minimum Gasteiger partial charge on any atom is -0.377 e. The van der Waals surface area contributed by atoms with Gasteiger partial charge in [-0.2, -0.15) is 0 Å². The van der Waals surface area contributed by atoms with Crippen molar-refractivity contribution >= 4 is 32.9 Å². The van der Waals surface area contributed by atoms with Crippen LogP contribution in [0, 0.1) is 23.0 Å². The average molecular weight is 293 g/mol. The number of thiazole rings is 1. The topological polar surface area (TPSA) is 68.1 Å². The number of rotatable bonds is 5. The third-order valence-electron chi connectivity index (χ3n) is 3.69. The van der Waals surface area contributed by atoms with Gasteiger partial charge in [0.2, 0.25) is 0 Å². The molecule has 0 aliphatic rings. The van der Waals surface area contributed by atoms with E-state index in [2.05, 4.69) is 24.1 Å². The predicted octanol–water partition coefficient (Wildman–Crippen LogP) is 4.36. The molecule has 1 aromatic heterocycles. The van der Waals surface area contributed by atoms with Crippen LogP contribution in [0.15, 0.2) is 12.1 Å². The lowest BCUT2D eigenvalue weighted by atomic mass is 10.0. The van der Waals surface area contributed by atoms with E-state index >= 15 is 0 Å². The maximum absolute atomic E-state index is 11.2. The molecule has 0 saturated carbocycles. The first-order valence-electron chi connectivity index (χ1n) is 6.74. The maximum atomic E-state index is 11.2. The molecule has 0 bridgehead atoms. The Morgan fingerprint density at radius 2 is 2.15 bits per heavy atom. The zero-order valence-electron chi connectivity index (χ0n) is 12.1. The Bertz CT molecular complexity index is 639. The second-order valence-corrected chi connectivity index (χ2v) is 6.38. The highest BCUT2D eigenvalue weighted by Crippen LogP contribution is 2.33. The first-order valence-corrected chi connectivity index (χ1v) is 7.56. The number of anilines is 1. The second kappa shape index (κ2) is 5.75. The largest absolute Gasteiger partial charge is 0.377 e. The first-order chi connectivity index (χ1) is 9.42. The van der Waals surface area contributed by atoms with Crippen LogP contribution in [-0.2, 0) is 0 Å². The van der Waals surface area contributed by atoms with Crippen LogP contribution in [0.3, 0.4) is 0 Å². The highest BCUT2D eigenvalue weighted by Gasteiger charge is 2.20. The quantitative estimate of drug-likeness (QED) is 0.657. The van der Waals surface area contributed by atoms with Gasteiger partial charge < -0.3 is 5.32 Å². The Balaban J connectivity index is 2.44. The zero-order chi connectivity index (χ0) is 14.9. The number of hydrogen-bond donors (Lipinski definition) is 1. The summed E-state index contributed by atoms with van der Waals surface area (Å²) in [7, 11) is 0. The molecule has 20 heavy (non-hydrogen) atoms. The van der Waals surface area contributed by atoms with Crippen molar-refractivity contribution in [2.45, 2.75) is 40.2 Å².